The number of rotatable bonds is 3. The number of halogens is 4. The molecule has 13 heteroatoms. The van der Waals surface area contributed by atoms with Gasteiger partial charge in [-0.05, 0) is 43.7 Å². The number of anilines is 1. The van der Waals surface area contributed by atoms with Crippen molar-refractivity contribution in [3.05, 3.63) is 41.6 Å². The number of aromatic nitrogens is 5. The van der Waals surface area contributed by atoms with Crippen LogP contribution in [-0.2, 0) is 18.8 Å². The van der Waals surface area contributed by atoms with Gasteiger partial charge in [-0.1, -0.05) is 6.92 Å². The summed E-state index contributed by atoms with van der Waals surface area (Å²) in [5, 5.41) is 14.5. The maximum absolute atomic E-state index is 14.9. The van der Waals surface area contributed by atoms with Gasteiger partial charge in [0.05, 0.1) is 11.3 Å². The Balaban J connectivity index is 1.53. The summed E-state index contributed by atoms with van der Waals surface area (Å²) in [5.41, 5.74) is -2.93. The summed E-state index contributed by atoms with van der Waals surface area (Å²) in [4.78, 5) is 19.0. The standard InChI is InChI=1S/C22H23F4N7O2/c1-11-6-13-4-5-21(9-11,19-30-29-12(2)35-19)33(13)20(34)28-17-7-14(18-27-10-32(3)31-18)15(8-16(17)23)22(24,25)26/h7-8,10-11,13H,4-6,9H2,1-3H3,(H,28,34). The van der Waals surface area contributed by atoms with E-state index in [1.165, 1.54) is 18.1 Å². The second-order valence-electron chi connectivity index (χ2n) is 9.31. The van der Waals surface area contributed by atoms with Gasteiger partial charge in [0.2, 0.25) is 11.8 Å². The number of piperidine rings is 1. The van der Waals surface area contributed by atoms with E-state index in [1.807, 2.05) is 0 Å². The van der Waals surface area contributed by atoms with Crippen LogP contribution in [0, 0.1) is 18.7 Å². The molecule has 0 saturated carbocycles. The van der Waals surface area contributed by atoms with Crippen molar-refractivity contribution >= 4 is 11.7 Å². The molecule has 2 aliphatic heterocycles. The normalized spacial score (nSPS) is 24.1. The summed E-state index contributed by atoms with van der Waals surface area (Å²) < 4.78 is 62.8. The summed E-state index contributed by atoms with van der Waals surface area (Å²) in [6.07, 6.45) is -1.01. The SMILES string of the molecule is Cc1nnc(C23CCC(CC(C)C2)N3C(=O)Nc2cc(-c3ncn(C)n3)c(C(F)(F)F)cc2F)o1. The molecule has 9 nitrogen and oxygen atoms in total. The van der Waals surface area contributed by atoms with E-state index in [0.717, 1.165) is 12.5 Å². The number of benzene rings is 1. The molecule has 35 heavy (non-hydrogen) atoms. The van der Waals surface area contributed by atoms with Gasteiger partial charge in [-0.3, -0.25) is 4.68 Å². The van der Waals surface area contributed by atoms with Crippen LogP contribution in [0.15, 0.2) is 22.9 Å². The number of nitrogens with zero attached hydrogens (tertiary/aromatic N) is 6. The van der Waals surface area contributed by atoms with Crippen molar-refractivity contribution in [2.45, 2.75) is 57.3 Å². The van der Waals surface area contributed by atoms with Crippen molar-refractivity contribution in [2.24, 2.45) is 13.0 Å². The summed E-state index contributed by atoms with van der Waals surface area (Å²) in [5.74, 6) is -0.502. The average Bonchev–Trinajstić information content (AvgIpc) is 3.46. The lowest BCUT2D eigenvalue weighted by Gasteiger charge is -2.44. The number of aryl methyl sites for hydroxylation is 2. The van der Waals surface area contributed by atoms with E-state index in [4.69, 9.17) is 4.42 Å². The zero-order chi connectivity index (χ0) is 25.1. The van der Waals surface area contributed by atoms with Gasteiger partial charge in [-0.2, -0.15) is 18.3 Å². The zero-order valence-corrected chi connectivity index (χ0v) is 19.2. The third kappa shape index (κ3) is 3.92. The molecule has 2 fully saturated rings. The average molecular weight is 493 g/mol. The molecule has 1 N–H and O–H groups in total. The molecule has 0 radical (unpaired) electrons. The van der Waals surface area contributed by atoms with Crippen LogP contribution in [0.3, 0.4) is 0 Å². The largest absolute Gasteiger partial charge is 0.423 e. The highest BCUT2D eigenvalue weighted by molar-refractivity contribution is 5.91. The van der Waals surface area contributed by atoms with Crippen LogP contribution in [0.5, 0.6) is 0 Å². The fourth-order valence-electron chi connectivity index (χ4n) is 5.42. The van der Waals surface area contributed by atoms with Gasteiger partial charge in [0.25, 0.3) is 0 Å². The second-order valence-corrected chi connectivity index (χ2v) is 9.31. The van der Waals surface area contributed by atoms with E-state index in [9.17, 15) is 22.4 Å². The van der Waals surface area contributed by atoms with E-state index in [-0.39, 0.29) is 17.8 Å². The lowest BCUT2D eigenvalue weighted by Crippen LogP contribution is -2.54. The maximum Gasteiger partial charge on any atom is 0.417 e. The lowest BCUT2D eigenvalue weighted by molar-refractivity contribution is -0.137. The Labute approximate surface area is 197 Å². The molecule has 1 aromatic carbocycles. The first kappa shape index (κ1) is 23.2. The van der Waals surface area contributed by atoms with E-state index < -0.39 is 40.4 Å². The highest BCUT2D eigenvalue weighted by atomic mass is 19.4. The van der Waals surface area contributed by atoms with E-state index in [0.29, 0.717) is 37.1 Å². The molecule has 4 heterocycles. The number of carbonyl (C=O) groups is 1. The Morgan fingerprint density at radius 1 is 1.29 bits per heavy atom. The number of carbonyl (C=O) groups excluding carboxylic acids is 1. The van der Waals surface area contributed by atoms with Crippen molar-refractivity contribution in [2.75, 3.05) is 5.32 Å². The van der Waals surface area contributed by atoms with Crippen LogP contribution in [-0.4, -0.2) is 41.9 Å². The summed E-state index contributed by atoms with van der Waals surface area (Å²) >= 11 is 0. The highest BCUT2D eigenvalue weighted by Gasteiger charge is 2.57. The molecular formula is C22H23F4N7O2. The first-order valence-corrected chi connectivity index (χ1v) is 11.2. The molecular weight excluding hydrogens is 470 g/mol. The van der Waals surface area contributed by atoms with E-state index >= 15 is 0 Å². The molecule has 2 aromatic heterocycles. The van der Waals surface area contributed by atoms with Crippen LogP contribution >= 0.6 is 0 Å². The Morgan fingerprint density at radius 3 is 2.69 bits per heavy atom. The highest BCUT2D eigenvalue weighted by Crippen LogP contribution is 2.52. The topological polar surface area (TPSA) is 102 Å². The minimum absolute atomic E-state index is 0.152. The predicted octanol–water partition coefficient (Wildman–Crippen LogP) is 4.65. The quantitative estimate of drug-likeness (QED) is 0.533. The lowest BCUT2D eigenvalue weighted by atomic mass is 9.82. The molecule has 2 amide bonds. The van der Waals surface area contributed by atoms with Crippen molar-refractivity contribution in [3.8, 4) is 11.4 Å². The second kappa shape index (κ2) is 8.02. The van der Waals surface area contributed by atoms with Gasteiger partial charge < -0.3 is 14.6 Å². The van der Waals surface area contributed by atoms with Crippen LogP contribution in [0.4, 0.5) is 28.0 Å². The van der Waals surface area contributed by atoms with Crippen LogP contribution in [0.25, 0.3) is 11.4 Å². The molecule has 5 rings (SSSR count). The summed E-state index contributed by atoms with van der Waals surface area (Å²) in [6, 6.07) is 0.476. The molecule has 3 atom stereocenters. The van der Waals surface area contributed by atoms with Crippen LogP contribution < -0.4 is 5.32 Å². The minimum atomic E-state index is -4.85. The zero-order valence-electron chi connectivity index (χ0n) is 19.2. The molecule has 3 unspecified atom stereocenters. The van der Waals surface area contributed by atoms with Gasteiger partial charge in [0.1, 0.15) is 17.7 Å². The Morgan fingerprint density at radius 2 is 2.06 bits per heavy atom. The predicted molar refractivity (Wildman–Crippen MR) is 114 cm³/mol. The van der Waals surface area contributed by atoms with Gasteiger partial charge >= 0.3 is 12.2 Å². The fraction of sp³-hybridized carbons (Fsp3) is 0.500. The fourth-order valence-corrected chi connectivity index (χ4v) is 5.42. The first-order chi connectivity index (χ1) is 16.5. The van der Waals surface area contributed by atoms with E-state index in [1.54, 1.807) is 11.8 Å². The molecule has 3 aromatic rings. The molecule has 2 bridgehead atoms. The Bertz CT molecular complexity index is 1290. The Hall–Kier alpha value is -3.51. The molecule has 2 saturated heterocycles. The number of fused-ring (bicyclic) bond motifs is 2. The number of hydrogen-bond donors (Lipinski definition) is 1. The maximum atomic E-state index is 14.9. The van der Waals surface area contributed by atoms with Gasteiger partial charge in [0, 0.05) is 25.6 Å². The van der Waals surface area contributed by atoms with Crippen LogP contribution in [0.2, 0.25) is 0 Å². The molecule has 0 spiro atoms. The van der Waals surface area contributed by atoms with E-state index in [2.05, 4.69) is 32.5 Å². The van der Waals surface area contributed by atoms with Crippen molar-refractivity contribution < 1.29 is 26.8 Å². The van der Waals surface area contributed by atoms with Crippen LogP contribution in [0.1, 0.15) is 50.0 Å². The number of urea groups is 1. The third-order valence-corrected chi connectivity index (χ3v) is 6.72. The monoisotopic (exact) mass is 493 g/mol. The van der Waals surface area contributed by atoms with Crippen molar-refractivity contribution in [1.82, 2.24) is 29.9 Å². The van der Waals surface area contributed by atoms with Gasteiger partial charge in [-0.15, -0.1) is 10.2 Å². The minimum Gasteiger partial charge on any atom is -0.423 e. The summed E-state index contributed by atoms with van der Waals surface area (Å²) in [6.45, 7) is 3.73. The molecule has 2 aliphatic rings. The van der Waals surface area contributed by atoms with Gasteiger partial charge in [-0.25, -0.2) is 14.2 Å². The summed E-state index contributed by atoms with van der Waals surface area (Å²) in [7, 11) is 1.50. The van der Waals surface area contributed by atoms with Crippen molar-refractivity contribution in [3.63, 3.8) is 0 Å². The Kier molecular flexibility index (Phi) is 5.33. The smallest absolute Gasteiger partial charge is 0.417 e. The first-order valence-electron chi connectivity index (χ1n) is 11.2. The van der Waals surface area contributed by atoms with Crippen molar-refractivity contribution in [1.29, 1.82) is 0 Å². The number of alkyl halides is 3. The number of amides is 2. The molecule has 0 aliphatic carbocycles. The number of nitrogens with one attached hydrogen (secondary N) is 1. The third-order valence-electron chi connectivity index (χ3n) is 6.72. The number of hydrogen-bond acceptors (Lipinski definition) is 6. The molecule has 186 valence electrons. The van der Waals surface area contributed by atoms with Gasteiger partial charge in [0.15, 0.2) is 5.82 Å².